The maximum Gasteiger partial charge on any atom is 0.303 e. The van der Waals surface area contributed by atoms with Crippen molar-refractivity contribution in [2.75, 3.05) is 0 Å². The highest BCUT2D eigenvalue weighted by Gasteiger charge is 2.18. The van der Waals surface area contributed by atoms with Crippen molar-refractivity contribution < 1.29 is 32.3 Å². The van der Waals surface area contributed by atoms with Crippen LogP contribution in [-0.2, 0) is 22.6 Å². The molecular weight excluding hydrogens is 551 g/mol. The summed E-state index contributed by atoms with van der Waals surface area (Å²) in [4.78, 5) is 29.3. The molecule has 1 unspecified atom stereocenters. The molecule has 216 valence electrons. The number of rotatable bonds is 11. The molecule has 0 fully saturated rings. The zero-order valence-electron chi connectivity index (χ0n) is 22.5. The monoisotopic (exact) mass is 577 g/mol. The number of carboxylic acids is 1. The van der Waals surface area contributed by atoms with Crippen molar-refractivity contribution in [1.82, 2.24) is 14.7 Å². The van der Waals surface area contributed by atoms with Crippen LogP contribution in [0.15, 0.2) is 76.0 Å². The number of aryl methyl sites for hydroxylation is 1. The van der Waals surface area contributed by atoms with E-state index in [4.69, 9.17) is 19.4 Å². The number of nitrogens with zero attached hydrogens (tertiary/aromatic N) is 3. The van der Waals surface area contributed by atoms with Crippen molar-refractivity contribution in [1.29, 1.82) is 0 Å². The number of aromatic nitrogens is 3. The molecule has 8 nitrogen and oxygen atoms in total. The van der Waals surface area contributed by atoms with Gasteiger partial charge in [-0.2, -0.15) is 0 Å². The lowest BCUT2D eigenvalue weighted by Gasteiger charge is -2.14. The average molecular weight is 578 g/mol. The lowest BCUT2D eigenvalue weighted by molar-refractivity contribution is -0.137. The number of benzene rings is 3. The Morgan fingerprint density at radius 1 is 1.00 bits per heavy atom. The van der Waals surface area contributed by atoms with E-state index in [9.17, 15) is 22.8 Å². The number of halogens is 3. The SMILES string of the molecule is CC(OCc1ccc(F)c(F)c1)c1cc(-c2ccc3c(=O)n(-c4ccc(F)cc4)c(CCCCC(=O)O)nc3c2)no1. The molecule has 0 bridgehead atoms. The Morgan fingerprint density at radius 2 is 1.79 bits per heavy atom. The molecule has 1 N–H and O–H groups in total. The Bertz CT molecular complexity index is 1800. The van der Waals surface area contributed by atoms with E-state index in [1.165, 1.54) is 34.9 Å². The van der Waals surface area contributed by atoms with E-state index >= 15 is 0 Å². The van der Waals surface area contributed by atoms with Crippen LogP contribution in [0.25, 0.3) is 27.8 Å². The van der Waals surface area contributed by atoms with Gasteiger partial charge in [-0.1, -0.05) is 17.3 Å². The van der Waals surface area contributed by atoms with Gasteiger partial charge < -0.3 is 14.4 Å². The lowest BCUT2D eigenvalue weighted by Crippen LogP contribution is -2.24. The minimum absolute atomic E-state index is 0.00404. The number of fused-ring (bicyclic) bond motifs is 1. The van der Waals surface area contributed by atoms with Gasteiger partial charge >= 0.3 is 5.97 Å². The third kappa shape index (κ3) is 6.41. The highest BCUT2D eigenvalue weighted by Crippen LogP contribution is 2.27. The van der Waals surface area contributed by atoms with Gasteiger partial charge in [-0.05, 0) is 73.9 Å². The van der Waals surface area contributed by atoms with Gasteiger partial charge in [0.2, 0.25) is 0 Å². The number of hydrogen-bond acceptors (Lipinski definition) is 6. The molecule has 0 radical (unpaired) electrons. The first kappa shape index (κ1) is 28.7. The molecule has 2 heterocycles. The van der Waals surface area contributed by atoms with Gasteiger partial charge in [0.25, 0.3) is 5.56 Å². The number of hydrogen-bond donors (Lipinski definition) is 1. The molecule has 2 aromatic heterocycles. The van der Waals surface area contributed by atoms with E-state index in [1.54, 1.807) is 31.2 Å². The quantitative estimate of drug-likeness (QED) is 0.178. The lowest BCUT2D eigenvalue weighted by atomic mass is 10.1. The molecule has 0 spiro atoms. The molecule has 0 saturated carbocycles. The fourth-order valence-electron chi connectivity index (χ4n) is 4.52. The molecule has 1 atom stereocenters. The molecule has 0 aliphatic rings. The first-order valence-corrected chi connectivity index (χ1v) is 13.3. The van der Waals surface area contributed by atoms with Gasteiger partial charge in [0.15, 0.2) is 17.4 Å². The van der Waals surface area contributed by atoms with Gasteiger partial charge in [-0.25, -0.2) is 18.2 Å². The molecule has 0 amide bonds. The second kappa shape index (κ2) is 12.4. The van der Waals surface area contributed by atoms with Crippen LogP contribution in [0.4, 0.5) is 13.2 Å². The van der Waals surface area contributed by atoms with Gasteiger partial charge in [-0.15, -0.1) is 0 Å². The Morgan fingerprint density at radius 3 is 2.52 bits per heavy atom. The highest BCUT2D eigenvalue weighted by atomic mass is 19.2. The van der Waals surface area contributed by atoms with E-state index in [0.717, 1.165) is 12.1 Å². The van der Waals surface area contributed by atoms with E-state index < -0.39 is 29.5 Å². The van der Waals surface area contributed by atoms with Crippen molar-refractivity contribution in [2.45, 2.75) is 45.3 Å². The Labute approximate surface area is 238 Å². The second-order valence-corrected chi connectivity index (χ2v) is 9.79. The van der Waals surface area contributed by atoms with Crippen molar-refractivity contribution >= 4 is 16.9 Å². The van der Waals surface area contributed by atoms with Crippen LogP contribution in [-0.4, -0.2) is 25.8 Å². The van der Waals surface area contributed by atoms with E-state index in [-0.39, 0.29) is 18.6 Å². The summed E-state index contributed by atoms with van der Waals surface area (Å²) in [6, 6.07) is 15.8. The summed E-state index contributed by atoms with van der Waals surface area (Å²) in [7, 11) is 0. The fraction of sp³-hybridized carbons (Fsp3) is 0.226. The first-order valence-electron chi connectivity index (χ1n) is 13.3. The van der Waals surface area contributed by atoms with Crippen LogP contribution in [0.5, 0.6) is 0 Å². The molecule has 0 aliphatic heterocycles. The van der Waals surface area contributed by atoms with Crippen molar-refractivity contribution in [3.63, 3.8) is 0 Å². The minimum Gasteiger partial charge on any atom is -0.481 e. The van der Waals surface area contributed by atoms with E-state index in [2.05, 4.69) is 5.16 Å². The number of unbranched alkanes of at least 4 members (excludes halogenated alkanes) is 1. The summed E-state index contributed by atoms with van der Waals surface area (Å²) in [6.45, 7) is 1.77. The number of ether oxygens (including phenoxy) is 1. The van der Waals surface area contributed by atoms with Crippen LogP contribution in [0.3, 0.4) is 0 Å². The zero-order chi connectivity index (χ0) is 29.8. The Kier molecular flexibility index (Phi) is 8.48. The summed E-state index contributed by atoms with van der Waals surface area (Å²) >= 11 is 0. The fourth-order valence-corrected chi connectivity index (χ4v) is 4.52. The van der Waals surface area contributed by atoms with Gasteiger partial charge in [0.1, 0.15) is 23.4 Å². The summed E-state index contributed by atoms with van der Waals surface area (Å²) in [5, 5.41) is 13.4. The molecule has 0 saturated heterocycles. The third-order valence-electron chi connectivity index (χ3n) is 6.77. The minimum atomic E-state index is -0.955. The highest BCUT2D eigenvalue weighted by molar-refractivity contribution is 5.83. The molecule has 42 heavy (non-hydrogen) atoms. The van der Waals surface area contributed by atoms with Crippen LogP contribution in [0, 0.1) is 17.5 Å². The predicted molar refractivity (Wildman–Crippen MR) is 148 cm³/mol. The van der Waals surface area contributed by atoms with Crippen LogP contribution in [0.2, 0.25) is 0 Å². The first-order chi connectivity index (χ1) is 20.2. The number of carboxylic acid groups (broad SMARTS) is 1. The normalized spacial score (nSPS) is 12.1. The standard InChI is InChI=1S/C31H26F3N3O5/c1-18(41-17-19-6-13-24(33)25(34)14-19)28-16-26(36-42-28)20-7-12-23-27(15-20)35-29(4-2-3-5-30(38)39)37(31(23)40)22-10-8-21(32)9-11-22/h6-16,18H,2-5,17H2,1H3,(H,38,39). The number of aliphatic carboxylic acids is 1. The molecular formula is C31H26F3N3O5. The Hall–Kier alpha value is -4.77. The summed E-state index contributed by atoms with van der Waals surface area (Å²) in [6.07, 6.45) is 0.681. The molecule has 3 aromatic carbocycles. The van der Waals surface area contributed by atoms with Crippen molar-refractivity contribution in [3.8, 4) is 16.9 Å². The molecule has 5 aromatic rings. The third-order valence-corrected chi connectivity index (χ3v) is 6.77. The van der Waals surface area contributed by atoms with Crippen LogP contribution in [0.1, 0.15) is 49.4 Å². The van der Waals surface area contributed by atoms with E-state index in [0.29, 0.717) is 64.3 Å². The molecule has 5 rings (SSSR count). The second-order valence-electron chi connectivity index (χ2n) is 9.79. The maximum atomic E-state index is 13.6. The van der Waals surface area contributed by atoms with E-state index in [1.807, 2.05) is 0 Å². The molecule has 11 heteroatoms. The maximum absolute atomic E-state index is 13.6. The largest absolute Gasteiger partial charge is 0.481 e. The van der Waals surface area contributed by atoms with Crippen LogP contribution < -0.4 is 5.56 Å². The van der Waals surface area contributed by atoms with Gasteiger partial charge in [0, 0.05) is 24.5 Å². The Balaban J connectivity index is 1.42. The van der Waals surface area contributed by atoms with Crippen LogP contribution >= 0.6 is 0 Å². The average Bonchev–Trinajstić information content (AvgIpc) is 3.47. The van der Waals surface area contributed by atoms with Gasteiger partial charge in [0.05, 0.1) is 23.2 Å². The number of carbonyl (C=O) groups is 1. The van der Waals surface area contributed by atoms with Gasteiger partial charge in [-0.3, -0.25) is 14.2 Å². The summed E-state index contributed by atoms with van der Waals surface area (Å²) in [5.41, 5.74) is 2.09. The molecule has 0 aliphatic carbocycles. The van der Waals surface area contributed by atoms with Crippen molar-refractivity contribution in [3.05, 3.63) is 112 Å². The smallest absolute Gasteiger partial charge is 0.303 e. The zero-order valence-corrected chi connectivity index (χ0v) is 22.5. The summed E-state index contributed by atoms with van der Waals surface area (Å²) in [5.74, 6) is -2.41. The summed E-state index contributed by atoms with van der Waals surface area (Å²) < 4.78 is 52.9. The van der Waals surface area contributed by atoms with Crippen molar-refractivity contribution in [2.24, 2.45) is 0 Å². The predicted octanol–water partition coefficient (Wildman–Crippen LogP) is 6.53. The topological polar surface area (TPSA) is 107 Å².